The maximum atomic E-state index is 13.2. The van der Waals surface area contributed by atoms with Crippen LogP contribution in [-0.4, -0.2) is 10.8 Å². The summed E-state index contributed by atoms with van der Waals surface area (Å²) in [6.07, 6.45) is 2.07. The maximum Gasteiger partial charge on any atom is 0.123 e. The average Bonchev–Trinajstić information content (AvgIpc) is 2.91. The summed E-state index contributed by atoms with van der Waals surface area (Å²) >= 11 is 1.70. The van der Waals surface area contributed by atoms with Crippen LogP contribution in [0.1, 0.15) is 5.56 Å². The predicted octanol–water partition coefficient (Wildman–Crippen LogP) is 5.50. The lowest BCUT2D eigenvalue weighted by Gasteiger charge is -2.10. The first-order valence-electron chi connectivity index (χ1n) is 7.48. The Morgan fingerprint density at radius 1 is 1.00 bits per heavy atom. The Bertz CT molecular complexity index is 986. The van der Waals surface area contributed by atoms with Crippen molar-refractivity contribution in [2.45, 2.75) is 11.4 Å². The highest BCUT2D eigenvalue weighted by Crippen LogP contribution is 2.34. The summed E-state index contributed by atoms with van der Waals surface area (Å²) in [5.41, 5.74) is 3.48. The number of thioether (sulfide) groups is 1. The molecule has 0 fully saturated rings. The highest BCUT2D eigenvalue weighted by Gasteiger charge is 2.13. The highest BCUT2D eigenvalue weighted by molar-refractivity contribution is 7.98. The number of benzene rings is 3. The molecule has 1 heterocycles. The molecule has 0 aliphatic heterocycles. The van der Waals surface area contributed by atoms with Crippen molar-refractivity contribution in [1.29, 1.82) is 0 Å². The van der Waals surface area contributed by atoms with Crippen molar-refractivity contribution in [2.75, 3.05) is 6.26 Å². The minimum atomic E-state index is -0.200. The molecule has 0 spiro atoms. The van der Waals surface area contributed by atoms with Gasteiger partial charge in [0.05, 0.1) is 5.52 Å². The molecule has 0 N–H and O–H groups in total. The molecule has 1 nitrogen and oxygen atoms in total. The van der Waals surface area contributed by atoms with Gasteiger partial charge in [-0.2, -0.15) is 0 Å². The Kier molecular flexibility index (Phi) is 3.58. The largest absolute Gasteiger partial charge is 0.335 e. The fourth-order valence-corrected chi connectivity index (χ4v) is 3.70. The standard InChI is InChI=1S/C20H15FNS/c1-23-19-8-4-6-17-16-5-2-3-7-18(16)22(20(17)19)13-14-9-11-15(21)12-10-14/h2-7,9-12H,13H2,1H3. The normalized spacial score (nSPS) is 11.4. The van der Waals surface area contributed by atoms with Crippen molar-refractivity contribution in [2.24, 2.45) is 0 Å². The van der Waals surface area contributed by atoms with Crippen LogP contribution in [0.4, 0.5) is 4.39 Å². The van der Waals surface area contributed by atoms with Gasteiger partial charge in [-0.3, -0.25) is 0 Å². The molecule has 0 amide bonds. The monoisotopic (exact) mass is 320 g/mol. The Hall–Kier alpha value is -2.26. The first-order valence-corrected chi connectivity index (χ1v) is 8.70. The van der Waals surface area contributed by atoms with Gasteiger partial charge in [0.2, 0.25) is 0 Å². The molecule has 1 radical (unpaired) electrons. The molecule has 23 heavy (non-hydrogen) atoms. The van der Waals surface area contributed by atoms with Crippen LogP contribution in [0.25, 0.3) is 21.8 Å². The van der Waals surface area contributed by atoms with E-state index >= 15 is 0 Å². The van der Waals surface area contributed by atoms with Crippen LogP contribution in [0.2, 0.25) is 0 Å². The van der Waals surface area contributed by atoms with E-state index in [0.717, 1.165) is 17.0 Å². The summed E-state index contributed by atoms with van der Waals surface area (Å²) in [5.74, 6) is -0.200. The maximum absolute atomic E-state index is 13.2. The minimum Gasteiger partial charge on any atom is -0.335 e. The lowest BCUT2D eigenvalue weighted by atomic mass is 10.1. The van der Waals surface area contributed by atoms with Crippen molar-refractivity contribution in [1.82, 2.24) is 4.57 Å². The van der Waals surface area contributed by atoms with Crippen molar-refractivity contribution >= 4 is 33.6 Å². The number of halogens is 1. The molecule has 0 unspecified atom stereocenters. The Labute approximate surface area is 138 Å². The molecule has 4 aromatic rings. The topological polar surface area (TPSA) is 4.93 Å². The molecule has 3 aromatic carbocycles. The number of para-hydroxylation sites is 1. The van der Waals surface area contributed by atoms with E-state index in [1.807, 2.05) is 18.2 Å². The lowest BCUT2D eigenvalue weighted by Crippen LogP contribution is -2.00. The quantitative estimate of drug-likeness (QED) is 0.451. The second-order valence-electron chi connectivity index (χ2n) is 5.50. The second-order valence-corrected chi connectivity index (χ2v) is 6.32. The number of fused-ring (bicyclic) bond motifs is 3. The van der Waals surface area contributed by atoms with E-state index < -0.39 is 0 Å². The molecule has 0 aliphatic carbocycles. The van der Waals surface area contributed by atoms with Gasteiger partial charge in [-0.05, 0) is 36.1 Å². The summed E-state index contributed by atoms with van der Waals surface area (Å²) in [7, 11) is 0. The molecule has 1 aromatic heterocycles. The first kappa shape index (κ1) is 14.3. The molecule has 0 saturated heterocycles. The average molecular weight is 320 g/mol. The van der Waals surface area contributed by atoms with Crippen molar-refractivity contribution in [3.05, 3.63) is 78.1 Å². The van der Waals surface area contributed by atoms with Crippen LogP contribution < -0.4 is 0 Å². The van der Waals surface area contributed by atoms with Gasteiger partial charge in [-0.15, -0.1) is 11.8 Å². The smallest absolute Gasteiger partial charge is 0.123 e. The number of nitrogens with zero attached hydrogens (tertiary/aromatic N) is 1. The Morgan fingerprint density at radius 3 is 2.57 bits per heavy atom. The Morgan fingerprint density at radius 2 is 1.78 bits per heavy atom. The van der Waals surface area contributed by atoms with Crippen LogP contribution in [0, 0.1) is 11.9 Å². The van der Waals surface area contributed by atoms with Crippen LogP contribution in [-0.2, 0) is 6.54 Å². The predicted molar refractivity (Wildman–Crippen MR) is 95.6 cm³/mol. The summed E-state index contributed by atoms with van der Waals surface area (Å²) in [6, 6.07) is 22.6. The van der Waals surface area contributed by atoms with E-state index in [-0.39, 0.29) is 5.82 Å². The molecule has 0 bridgehead atoms. The van der Waals surface area contributed by atoms with Gasteiger partial charge in [0.25, 0.3) is 0 Å². The van der Waals surface area contributed by atoms with Crippen molar-refractivity contribution in [3.8, 4) is 0 Å². The van der Waals surface area contributed by atoms with Gasteiger partial charge in [-0.1, -0.05) is 42.5 Å². The molecule has 0 aliphatic rings. The second kappa shape index (κ2) is 5.74. The number of aromatic nitrogens is 1. The van der Waals surface area contributed by atoms with E-state index in [1.54, 1.807) is 11.8 Å². The number of rotatable bonds is 3. The minimum absolute atomic E-state index is 0.200. The fraction of sp³-hybridized carbons (Fsp3) is 0.100. The van der Waals surface area contributed by atoms with Crippen LogP contribution >= 0.6 is 11.8 Å². The number of hydrogen-bond donors (Lipinski definition) is 0. The molecule has 0 saturated carbocycles. The van der Waals surface area contributed by atoms with Gasteiger partial charge in [0.15, 0.2) is 0 Å². The molecule has 113 valence electrons. The molecule has 3 heteroatoms. The van der Waals surface area contributed by atoms with Gasteiger partial charge in [-0.25, -0.2) is 4.39 Å². The molecule has 0 atom stereocenters. The highest BCUT2D eigenvalue weighted by atomic mass is 32.2. The van der Waals surface area contributed by atoms with Crippen LogP contribution in [0.3, 0.4) is 0 Å². The lowest BCUT2D eigenvalue weighted by molar-refractivity contribution is 0.626. The van der Waals surface area contributed by atoms with Gasteiger partial charge >= 0.3 is 0 Å². The van der Waals surface area contributed by atoms with E-state index in [1.165, 1.54) is 33.9 Å². The SMILES string of the molecule is CSc1[c]ccc2c3ccccc3n(Cc3ccc(F)cc3)c12. The van der Waals surface area contributed by atoms with Crippen LogP contribution in [0.5, 0.6) is 0 Å². The van der Waals surface area contributed by atoms with E-state index in [0.29, 0.717) is 0 Å². The molecular formula is C20H15FNS. The zero-order valence-corrected chi connectivity index (χ0v) is 13.5. The first-order chi connectivity index (χ1) is 11.3. The Balaban J connectivity index is 2.00. The summed E-state index contributed by atoms with van der Waals surface area (Å²) in [6.45, 7) is 0.718. The third-order valence-electron chi connectivity index (χ3n) is 4.15. The third-order valence-corrected chi connectivity index (χ3v) is 4.87. The fourth-order valence-electron chi connectivity index (χ4n) is 3.11. The van der Waals surface area contributed by atoms with Crippen LogP contribution in [0.15, 0.2) is 65.6 Å². The van der Waals surface area contributed by atoms with Crippen molar-refractivity contribution < 1.29 is 4.39 Å². The summed E-state index contributed by atoms with van der Waals surface area (Å²) in [5, 5.41) is 2.49. The molecular weight excluding hydrogens is 305 g/mol. The zero-order chi connectivity index (χ0) is 15.8. The van der Waals surface area contributed by atoms with Gasteiger partial charge < -0.3 is 4.57 Å². The third kappa shape index (κ3) is 2.41. The molecule has 4 rings (SSSR count). The van der Waals surface area contributed by atoms with E-state index in [4.69, 9.17) is 0 Å². The number of hydrogen-bond acceptors (Lipinski definition) is 1. The van der Waals surface area contributed by atoms with Gasteiger partial charge in [0, 0.05) is 27.7 Å². The summed E-state index contributed by atoms with van der Waals surface area (Å²) in [4.78, 5) is 1.14. The van der Waals surface area contributed by atoms with Gasteiger partial charge in [0.1, 0.15) is 5.82 Å². The zero-order valence-electron chi connectivity index (χ0n) is 12.7. The van der Waals surface area contributed by atoms with E-state index in [9.17, 15) is 4.39 Å². The van der Waals surface area contributed by atoms with E-state index in [2.05, 4.69) is 47.2 Å². The van der Waals surface area contributed by atoms with Crippen molar-refractivity contribution in [3.63, 3.8) is 0 Å². The summed E-state index contributed by atoms with van der Waals surface area (Å²) < 4.78 is 15.5.